The molecule has 0 radical (unpaired) electrons. The van der Waals surface area contributed by atoms with E-state index in [9.17, 15) is 4.57 Å². The van der Waals surface area contributed by atoms with E-state index >= 15 is 0 Å². The Balaban J connectivity index is 1.98. The van der Waals surface area contributed by atoms with E-state index in [0.717, 1.165) is 25.7 Å². The van der Waals surface area contributed by atoms with Crippen molar-refractivity contribution >= 4 is 14.7 Å². The standard InChI is InChI=1S/C24H48O4P2/c1-4-6-20-26-29(25,27-21-7-5-2)28-30(3,22-14-8-9-15-22,23-16-10-11-17-23)24-18-12-13-19-24/h22-24H,4-21H2,1-3H3. The third-order valence-electron chi connectivity index (χ3n) is 8.60. The van der Waals surface area contributed by atoms with Crippen molar-refractivity contribution in [3.63, 3.8) is 0 Å². The molecule has 0 saturated heterocycles. The Kier molecular flexibility index (Phi) is 9.32. The van der Waals surface area contributed by atoms with Crippen molar-refractivity contribution in [3.8, 4) is 0 Å². The summed E-state index contributed by atoms with van der Waals surface area (Å²) < 4.78 is 33.5. The molecule has 0 aromatic carbocycles. The van der Waals surface area contributed by atoms with Crippen molar-refractivity contribution in [1.82, 2.24) is 0 Å². The molecule has 0 atom stereocenters. The summed E-state index contributed by atoms with van der Waals surface area (Å²) in [6.07, 6.45) is 19.2. The van der Waals surface area contributed by atoms with Crippen LogP contribution in [0.15, 0.2) is 0 Å². The van der Waals surface area contributed by atoms with E-state index in [2.05, 4.69) is 20.5 Å². The van der Waals surface area contributed by atoms with E-state index in [1.54, 1.807) is 0 Å². The second kappa shape index (κ2) is 11.1. The average molecular weight is 463 g/mol. The van der Waals surface area contributed by atoms with Crippen molar-refractivity contribution in [2.45, 2.75) is 134 Å². The summed E-state index contributed by atoms with van der Waals surface area (Å²) >= 11 is 0. The van der Waals surface area contributed by atoms with Crippen LogP contribution in [-0.4, -0.2) is 36.9 Å². The van der Waals surface area contributed by atoms with Crippen LogP contribution < -0.4 is 0 Å². The van der Waals surface area contributed by atoms with Crippen LogP contribution in [0.25, 0.3) is 0 Å². The van der Waals surface area contributed by atoms with Gasteiger partial charge in [-0.05, 0) is 0 Å². The predicted molar refractivity (Wildman–Crippen MR) is 130 cm³/mol. The van der Waals surface area contributed by atoms with Gasteiger partial charge < -0.3 is 0 Å². The molecule has 0 aliphatic heterocycles. The van der Waals surface area contributed by atoms with Crippen molar-refractivity contribution in [3.05, 3.63) is 0 Å². The first-order valence-corrected chi connectivity index (χ1v) is 17.3. The summed E-state index contributed by atoms with van der Waals surface area (Å²) in [5.41, 5.74) is 1.79. The van der Waals surface area contributed by atoms with Gasteiger partial charge in [0.15, 0.2) is 0 Å². The van der Waals surface area contributed by atoms with Crippen molar-refractivity contribution in [2.24, 2.45) is 0 Å². The van der Waals surface area contributed by atoms with Crippen LogP contribution in [0.3, 0.4) is 0 Å². The fourth-order valence-corrected chi connectivity index (χ4v) is 18.6. The van der Waals surface area contributed by atoms with E-state index < -0.39 is 14.7 Å². The van der Waals surface area contributed by atoms with Crippen LogP contribution >= 0.6 is 14.7 Å². The molecule has 4 nitrogen and oxygen atoms in total. The number of unbranched alkanes of at least 4 members (excludes halogenated alkanes) is 2. The maximum atomic E-state index is 14.2. The van der Waals surface area contributed by atoms with Gasteiger partial charge in [0.25, 0.3) is 0 Å². The first-order valence-electron chi connectivity index (χ1n) is 13.1. The molecule has 3 fully saturated rings. The number of phosphoric ester groups is 1. The van der Waals surface area contributed by atoms with Crippen LogP contribution in [0.2, 0.25) is 0 Å². The normalized spacial score (nSPS) is 23.9. The second-order valence-corrected chi connectivity index (χ2v) is 18.1. The molecule has 6 heteroatoms. The topological polar surface area (TPSA) is 44.8 Å². The van der Waals surface area contributed by atoms with Gasteiger partial charge in [-0.2, -0.15) is 0 Å². The van der Waals surface area contributed by atoms with Crippen LogP contribution in [0.5, 0.6) is 0 Å². The summed E-state index contributed by atoms with van der Waals surface area (Å²) in [4.78, 5) is 0. The van der Waals surface area contributed by atoms with Gasteiger partial charge in [0.05, 0.1) is 0 Å². The average Bonchev–Trinajstić information content (AvgIpc) is 3.52. The molecule has 0 aromatic rings. The van der Waals surface area contributed by atoms with Crippen molar-refractivity contribution < 1.29 is 17.9 Å². The van der Waals surface area contributed by atoms with E-state index in [1.165, 1.54) is 77.0 Å². The third kappa shape index (κ3) is 5.20. The Morgan fingerprint density at radius 3 is 1.33 bits per heavy atom. The van der Waals surface area contributed by atoms with Gasteiger partial charge in [-0.25, -0.2) is 0 Å². The molecule has 0 aromatic heterocycles. The summed E-state index contributed by atoms with van der Waals surface area (Å²) in [7, 11) is -3.57. The Morgan fingerprint density at radius 1 is 0.700 bits per heavy atom. The number of phosphoric acid groups is 1. The first kappa shape index (κ1) is 25.2. The summed E-state index contributed by atoms with van der Waals surface area (Å²) in [6.45, 7) is 4.98. The molecular weight excluding hydrogens is 414 g/mol. The van der Waals surface area contributed by atoms with Gasteiger partial charge >= 0.3 is 186 Å². The van der Waals surface area contributed by atoms with E-state index in [1.807, 2.05) is 0 Å². The zero-order valence-electron chi connectivity index (χ0n) is 20.0. The molecule has 0 amide bonds. The SMILES string of the molecule is CCCCOP(=O)(OCCCC)OP(C)(C1CCCC1)(C1CCCC1)C1CCCC1. The summed E-state index contributed by atoms with van der Waals surface area (Å²) in [5, 5.41) is 0. The quantitative estimate of drug-likeness (QED) is 0.203. The molecule has 178 valence electrons. The van der Waals surface area contributed by atoms with E-state index in [4.69, 9.17) is 13.4 Å². The summed E-state index contributed by atoms with van der Waals surface area (Å²) in [6, 6.07) is 0. The Hall–Kier alpha value is 0.540. The van der Waals surface area contributed by atoms with Gasteiger partial charge in [0.1, 0.15) is 0 Å². The fourth-order valence-electron chi connectivity index (χ4n) is 6.79. The zero-order chi connectivity index (χ0) is 21.5. The van der Waals surface area contributed by atoms with E-state index in [-0.39, 0.29) is 0 Å². The Morgan fingerprint density at radius 2 is 1.03 bits per heavy atom. The molecule has 3 rings (SSSR count). The molecule has 3 aliphatic carbocycles. The van der Waals surface area contributed by atoms with Gasteiger partial charge in [-0.15, -0.1) is 0 Å². The molecular formula is C24H48O4P2. The molecule has 0 N–H and O–H groups in total. The second-order valence-electron chi connectivity index (χ2n) is 10.4. The van der Waals surface area contributed by atoms with Crippen LogP contribution in [-0.2, 0) is 17.9 Å². The molecule has 30 heavy (non-hydrogen) atoms. The number of rotatable bonds is 13. The minimum absolute atomic E-state index is 0.479. The van der Waals surface area contributed by atoms with E-state index in [0.29, 0.717) is 30.2 Å². The molecule has 0 spiro atoms. The van der Waals surface area contributed by atoms with Gasteiger partial charge in [0, 0.05) is 0 Å². The Labute approximate surface area is 186 Å². The van der Waals surface area contributed by atoms with Crippen molar-refractivity contribution in [2.75, 3.05) is 19.9 Å². The Bertz CT molecular complexity index is 506. The number of hydrogen-bond donors (Lipinski definition) is 0. The molecule has 3 saturated carbocycles. The molecule has 0 bridgehead atoms. The van der Waals surface area contributed by atoms with Gasteiger partial charge in [0.2, 0.25) is 0 Å². The maximum absolute atomic E-state index is 14.2. The third-order valence-corrected chi connectivity index (χ3v) is 19.3. The number of hydrogen-bond acceptors (Lipinski definition) is 4. The summed E-state index contributed by atoms with van der Waals surface area (Å²) in [5.74, 6) is 0. The van der Waals surface area contributed by atoms with Gasteiger partial charge in [-0.3, -0.25) is 0 Å². The van der Waals surface area contributed by atoms with Gasteiger partial charge in [-0.1, -0.05) is 0 Å². The molecule has 3 aliphatic rings. The molecule has 0 heterocycles. The fraction of sp³-hybridized carbons (Fsp3) is 1.00. The van der Waals surface area contributed by atoms with Crippen LogP contribution in [0, 0.1) is 0 Å². The van der Waals surface area contributed by atoms with Crippen LogP contribution in [0.1, 0.15) is 117 Å². The predicted octanol–water partition coefficient (Wildman–Crippen LogP) is 8.67. The molecule has 0 unspecified atom stereocenters. The van der Waals surface area contributed by atoms with Crippen LogP contribution in [0.4, 0.5) is 0 Å². The zero-order valence-corrected chi connectivity index (χ0v) is 21.8. The first-order chi connectivity index (χ1) is 14.5. The monoisotopic (exact) mass is 462 g/mol. The minimum atomic E-state index is -3.57. The van der Waals surface area contributed by atoms with Crippen molar-refractivity contribution in [1.29, 1.82) is 0 Å².